The molecule has 1 heterocycles. The third-order valence-corrected chi connectivity index (χ3v) is 4.20. The first-order chi connectivity index (χ1) is 8.43. The Morgan fingerprint density at radius 2 is 2.17 bits per heavy atom. The van der Waals surface area contributed by atoms with Gasteiger partial charge in [0.2, 0.25) is 0 Å². The van der Waals surface area contributed by atoms with Crippen molar-refractivity contribution >= 4 is 23.8 Å². The number of thioether (sulfide) groups is 1. The Labute approximate surface area is 113 Å². The fraction of sp³-hybridized carbons (Fsp3) is 0.833. The number of hydrogen-bond donors (Lipinski definition) is 1. The molecule has 6 heteroatoms. The number of likely N-dealkylation sites (tertiary alicyclic amines) is 1. The number of nitrogens with zero attached hydrogens (tertiary/aromatic N) is 2. The van der Waals surface area contributed by atoms with Crippen LogP contribution in [0.25, 0.3) is 0 Å². The molecule has 0 aromatic rings. The highest BCUT2D eigenvalue weighted by Gasteiger charge is 2.46. The normalized spacial score (nSPS) is 23.2. The molecule has 0 aliphatic carbocycles. The molecule has 0 aromatic heterocycles. The smallest absolute Gasteiger partial charge is 0.329 e. The number of aliphatic carboxylic acids is 1. The summed E-state index contributed by atoms with van der Waals surface area (Å²) >= 11 is 1.75. The van der Waals surface area contributed by atoms with Gasteiger partial charge in [-0.15, -0.1) is 0 Å². The molecule has 1 aliphatic heterocycles. The van der Waals surface area contributed by atoms with Crippen molar-refractivity contribution in [1.82, 2.24) is 9.80 Å². The van der Waals surface area contributed by atoms with Gasteiger partial charge < -0.3 is 14.9 Å². The molecule has 1 unspecified atom stereocenters. The number of hydrogen-bond acceptors (Lipinski definition) is 3. The van der Waals surface area contributed by atoms with Gasteiger partial charge in [-0.1, -0.05) is 0 Å². The van der Waals surface area contributed by atoms with Crippen LogP contribution in [-0.4, -0.2) is 64.6 Å². The molecule has 0 spiro atoms. The van der Waals surface area contributed by atoms with E-state index >= 15 is 0 Å². The molecule has 1 aliphatic rings. The summed E-state index contributed by atoms with van der Waals surface area (Å²) in [6.07, 6.45) is 4.25. The predicted molar refractivity (Wildman–Crippen MR) is 73.0 cm³/mol. The van der Waals surface area contributed by atoms with Gasteiger partial charge in [0.1, 0.15) is 5.54 Å². The van der Waals surface area contributed by atoms with Gasteiger partial charge in [0.15, 0.2) is 0 Å². The minimum atomic E-state index is -1.04. The Morgan fingerprint density at radius 3 is 2.72 bits per heavy atom. The van der Waals surface area contributed by atoms with Crippen molar-refractivity contribution in [3.8, 4) is 0 Å². The Balaban J connectivity index is 2.62. The van der Waals surface area contributed by atoms with E-state index in [0.717, 1.165) is 18.6 Å². The van der Waals surface area contributed by atoms with Crippen molar-refractivity contribution in [2.45, 2.75) is 31.7 Å². The zero-order valence-corrected chi connectivity index (χ0v) is 12.1. The minimum Gasteiger partial charge on any atom is -0.480 e. The van der Waals surface area contributed by atoms with Gasteiger partial charge in [-0.05, 0) is 38.2 Å². The number of amides is 2. The first kappa shape index (κ1) is 15.1. The summed E-state index contributed by atoms with van der Waals surface area (Å²) < 4.78 is 0. The van der Waals surface area contributed by atoms with E-state index in [0.29, 0.717) is 19.5 Å². The Hall–Kier alpha value is -0.910. The number of carboxylic acids is 1. The van der Waals surface area contributed by atoms with Crippen LogP contribution >= 0.6 is 11.8 Å². The van der Waals surface area contributed by atoms with Crippen molar-refractivity contribution in [2.24, 2.45) is 0 Å². The monoisotopic (exact) mass is 274 g/mol. The molecular formula is C12H22N2O3S. The van der Waals surface area contributed by atoms with E-state index in [1.807, 2.05) is 6.26 Å². The van der Waals surface area contributed by atoms with E-state index < -0.39 is 11.5 Å². The summed E-state index contributed by atoms with van der Waals surface area (Å²) in [5.41, 5.74) is -1.04. The second-order valence-corrected chi connectivity index (χ2v) is 5.87. The molecule has 2 amide bonds. The van der Waals surface area contributed by atoms with Crippen molar-refractivity contribution in [2.75, 3.05) is 32.1 Å². The molecule has 0 bridgehead atoms. The molecule has 0 aromatic carbocycles. The van der Waals surface area contributed by atoms with Crippen LogP contribution < -0.4 is 0 Å². The van der Waals surface area contributed by atoms with Crippen LogP contribution in [0.5, 0.6) is 0 Å². The molecule has 0 radical (unpaired) electrons. The molecule has 1 N–H and O–H groups in total. The Kier molecular flexibility index (Phi) is 5.31. The fourth-order valence-corrected chi connectivity index (χ4v) is 2.66. The summed E-state index contributed by atoms with van der Waals surface area (Å²) in [5, 5.41) is 9.27. The van der Waals surface area contributed by atoms with E-state index in [4.69, 9.17) is 0 Å². The maximum atomic E-state index is 12.2. The van der Waals surface area contributed by atoms with E-state index in [1.165, 1.54) is 4.90 Å². The van der Waals surface area contributed by atoms with Crippen LogP contribution in [0.2, 0.25) is 0 Å². The SMILES string of the molecule is CSCCCN(C)C(=O)N1CCCC1(C)C(=O)O. The van der Waals surface area contributed by atoms with E-state index in [2.05, 4.69) is 0 Å². The summed E-state index contributed by atoms with van der Waals surface area (Å²) in [7, 11) is 1.74. The van der Waals surface area contributed by atoms with Gasteiger partial charge >= 0.3 is 12.0 Å². The van der Waals surface area contributed by atoms with Gasteiger partial charge in [-0.2, -0.15) is 11.8 Å². The van der Waals surface area contributed by atoms with Crippen LogP contribution in [0.4, 0.5) is 4.79 Å². The van der Waals surface area contributed by atoms with Crippen molar-refractivity contribution < 1.29 is 14.7 Å². The lowest BCUT2D eigenvalue weighted by molar-refractivity contribution is -0.147. The van der Waals surface area contributed by atoms with Gasteiger partial charge in [0, 0.05) is 20.1 Å². The highest BCUT2D eigenvalue weighted by atomic mass is 32.2. The van der Waals surface area contributed by atoms with E-state index in [1.54, 1.807) is 30.6 Å². The second kappa shape index (κ2) is 6.31. The zero-order chi connectivity index (χ0) is 13.8. The molecule has 104 valence electrons. The van der Waals surface area contributed by atoms with Gasteiger partial charge in [0.05, 0.1) is 0 Å². The van der Waals surface area contributed by atoms with Crippen molar-refractivity contribution in [3.63, 3.8) is 0 Å². The summed E-state index contributed by atoms with van der Waals surface area (Å²) in [5.74, 6) is 0.0965. The number of carbonyl (C=O) groups is 2. The average Bonchev–Trinajstić information content (AvgIpc) is 2.72. The maximum Gasteiger partial charge on any atom is 0.329 e. The van der Waals surface area contributed by atoms with Crippen LogP contribution in [0.1, 0.15) is 26.2 Å². The molecular weight excluding hydrogens is 252 g/mol. The highest BCUT2D eigenvalue weighted by Crippen LogP contribution is 2.30. The van der Waals surface area contributed by atoms with Gasteiger partial charge in [-0.25, -0.2) is 9.59 Å². The number of carbonyl (C=O) groups excluding carboxylic acids is 1. The highest BCUT2D eigenvalue weighted by molar-refractivity contribution is 7.98. The lowest BCUT2D eigenvalue weighted by atomic mass is 10.00. The summed E-state index contributed by atoms with van der Waals surface area (Å²) in [6.45, 7) is 2.84. The number of rotatable bonds is 5. The first-order valence-electron chi connectivity index (χ1n) is 6.18. The third kappa shape index (κ3) is 3.10. The van der Waals surface area contributed by atoms with Crippen molar-refractivity contribution in [3.05, 3.63) is 0 Å². The summed E-state index contributed by atoms with van der Waals surface area (Å²) in [6, 6.07) is -0.168. The molecule has 1 saturated heterocycles. The molecule has 18 heavy (non-hydrogen) atoms. The molecule has 1 atom stereocenters. The average molecular weight is 274 g/mol. The molecule has 1 rings (SSSR count). The lowest BCUT2D eigenvalue weighted by Gasteiger charge is -2.34. The number of urea groups is 1. The standard InChI is InChI=1S/C12H22N2O3S/c1-12(10(15)16)6-4-8-14(12)11(17)13(2)7-5-9-18-3/h4-9H2,1-3H3,(H,15,16). The van der Waals surface area contributed by atoms with Crippen molar-refractivity contribution in [1.29, 1.82) is 0 Å². The molecule has 5 nitrogen and oxygen atoms in total. The quantitative estimate of drug-likeness (QED) is 0.776. The molecule has 0 saturated carbocycles. The van der Waals surface area contributed by atoms with E-state index in [9.17, 15) is 14.7 Å². The third-order valence-electron chi connectivity index (χ3n) is 3.50. The van der Waals surface area contributed by atoms with Crippen LogP contribution in [0, 0.1) is 0 Å². The lowest BCUT2D eigenvalue weighted by Crippen LogP contribution is -2.54. The zero-order valence-electron chi connectivity index (χ0n) is 11.3. The fourth-order valence-electron chi connectivity index (χ4n) is 2.24. The predicted octanol–water partition coefficient (Wildman–Crippen LogP) is 1.73. The van der Waals surface area contributed by atoms with Crippen LogP contribution in [0.3, 0.4) is 0 Å². The topological polar surface area (TPSA) is 60.9 Å². The largest absolute Gasteiger partial charge is 0.480 e. The Morgan fingerprint density at radius 1 is 1.50 bits per heavy atom. The van der Waals surface area contributed by atoms with Gasteiger partial charge in [0.25, 0.3) is 0 Å². The molecule has 1 fully saturated rings. The summed E-state index contributed by atoms with van der Waals surface area (Å²) in [4.78, 5) is 26.7. The van der Waals surface area contributed by atoms with Crippen LogP contribution in [-0.2, 0) is 4.79 Å². The minimum absolute atomic E-state index is 0.168. The first-order valence-corrected chi connectivity index (χ1v) is 7.58. The number of carboxylic acid groups (broad SMARTS) is 1. The van der Waals surface area contributed by atoms with Crippen LogP contribution in [0.15, 0.2) is 0 Å². The van der Waals surface area contributed by atoms with Gasteiger partial charge in [-0.3, -0.25) is 0 Å². The van der Waals surface area contributed by atoms with E-state index in [-0.39, 0.29) is 6.03 Å². The second-order valence-electron chi connectivity index (χ2n) is 4.88. The maximum absolute atomic E-state index is 12.2. The Bertz CT molecular complexity index is 324.